The Balaban J connectivity index is 0.953. The van der Waals surface area contributed by atoms with Crippen molar-refractivity contribution in [2.24, 2.45) is 5.92 Å². The lowest BCUT2D eigenvalue weighted by atomic mass is 9.91. The van der Waals surface area contributed by atoms with Crippen molar-refractivity contribution in [2.75, 3.05) is 55.0 Å². The number of benzene rings is 3. The maximum Gasteiger partial charge on any atom is 0.265 e. The Labute approximate surface area is 342 Å². The molecule has 5 aromatic rings. The Morgan fingerprint density at radius 2 is 1.82 bits per heavy atom. The Bertz CT molecular complexity index is 2090. The zero-order chi connectivity index (χ0) is 38.3. The summed E-state index contributed by atoms with van der Waals surface area (Å²) in [5, 5.41) is 5.44. The predicted molar refractivity (Wildman–Crippen MR) is 229 cm³/mol. The van der Waals surface area contributed by atoms with E-state index in [1.807, 2.05) is 66.5 Å². The molecule has 1 atom stereocenters. The van der Waals surface area contributed by atoms with Crippen molar-refractivity contribution in [3.8, 4) is 11.5 Å². The molecule has 5 N–H and O–H groups in total. The van der Waals surface area contributed by atoms with Crippen LogP contribution in [-0.4, -0.2) is 71.6 Å². The summed E-state index contributed by atoms with van der Waals surface area (Å²) in [6, 6.07) is 25.4. The van der Waals surface area contributed by atoms with Crippen LogP contribution in [0.4, 0.5) is 17.1 Å². The lowest BCUT2D eigenvalue weighted by Gasteiger charge is -2.41. The van der Waals surface area contributed by atoms with E-state index < -0.39 is 0 Å². The average Bonchev–Trinajstić information content (AvgIpc) is 3.70. The van der Waals surface area contributed by atoms with Gasteiger partial charge in [-0.25, -0.2) is 9.82 Å². The van der Waals surface area contributed by atoms with Crippen LogP contribution >= 0.6 is 35.3 Å². The van der Waals surface area contributed by atoms with Crippen molar-refractivity contribution in [3.63, 3.8) is 0 Å². The molecule has 3 fully saturated rings. The molecule has 1 amide bonds. The van der Waals surface area contributed by atoms with Crippen molar-refractivity contribution < 1.29 is 19.8 Å². The Hall–Kier alpha value is -3.91. The minimum Gasteiger partial charge on any atom is -0.455 e. The van der Waals surface area contributed by atoms with Gasteiger partial charge in [0.05, 0.1) is 24.6 Å². The monoisotopic (exact) mass is 812 g/mol. The van der Waals surface area contributed by atoms with E-state index in [0.717, 1.165) is 89.9 Å². The number of nitrogens with one attached hydrogen (secondary N) is 3. The Morgan fingerprint density at radius 1 is 0.982 bits per heavy atom. The third-order valence-electron chi connectivity index (χ3n) is 11.3. The second-order valence-corrected chi connectivity index (χ2v) is 17.6. The summed E-state index contributed by atoms with van der Waals surface area (Å²) >= 11 is 9.51. The summed E-state index contributed by atoms with van der Waals surface area (Å²) < 4.78 is 9.57. The number of amides is 1. The first-order valence-electron chi connectivity index (χ1n) is 19.8. The number of nitrogens with two attached hydrogens (primary N) is 1. The van der Waals surface area contributed by atoms with E-state index in [0.29, 0.717) is 35.1 Å². The van der Waals surface area contributed by atoms with Crippen LogP contribution in [-0.2, 0) is 4.84 Å². The number of hydrogen-bond donors (Lipinski definition) is 4. The molecule has 0 spiro atoms. The number of pyridine rings is 1. The number of carbonyl (C=O) groups is 1. The maximum atomic E-state index is 13.9. The lowest BCUT2D eigenvalue weighted by Crippen LogP contribution is -2.76. The van der Waals surface area contributed by atoms with Crippen LogP contribution in [0, 0.1) is 5.92 Å². The standard InChI is InChI=1S/C43H50ClN7O3S2/c1-53-48-39-26-36(10-12-38(39)47-33-16-22-55-23-17-33)56-49-43(52)37-11-9-34(25-41(37)54-35-24-31-13-18-45-42(31)46-27-35)50-20-14-29(15-21-50)28-51-19-3-2-4-40(51)30-5-7-32(44)8-6-30/h5-13,18,24-27,29,33,40,47-48H,2-4,14-17,19-23,28H2,1H3,(H,45,46)(H,49,52)/p+1. The van der Waals surface area contributed by atoms with Gasteiger partial charge in [-0.15, -0.1) is 0 Å². The van der Waals surface area contributed by atoms with E-state index in [9.17, 15) is 4.79 Å². The third kappa shape index (κ3) is 9.61. The van der Waals surface area contributed by atoms with Gasteiger partial charge in [-0.1, -0.05) is 30.2 Å². The summed E-state index contributed by atoms with van der Waals surface area (Å²) in [6.07, 6.45) is 11.8. The first-order valence-corrected chi connectivity index (χ1v) is 22.1. The molecule has 56 heavy (non-hydrogen) atoms. The Morgan fingerprint density at radius 3 is 2.64 bits per heavy atom. The van der Waals surface area contributed by atoms with Crippen molar-refractivity contribution in [2.45, 2.75) is 61.9 Å². The number of H-pyrrole nitrogens is 1. The normalized spacial score (nSPS) is 18.6. The van der Waals surface area contributed by atoms with E-state index >= 15 is 0 Å². The van der Waals surface area contributed by atoms with Crippen LogP contribution < -0.4 is 25.2 Å². The van der Waals surface area contributed by atoms with Crippen LogP contribution in [0.1, 0.15) is 66.9 Å². The molecular weight excluding hydrogens is 762 g/mol. The van der Waals surface area contributed by atoms with E-state index in [4.69, 9.17) is 21.2 Å². The highest BCUT2D eigenvalue weighted by atomic mass is 35.5. The third-order valence-corrected chi connectivity index (χ3v) is 13.3. The second-order valence-electron chi connectivity index (χ2n) is 15.0. The van der Waals surface area contributed by atoms with Gasteiger partial charge in [0, 0.05) is 71.0 Å². The van der Waals surface area contributed by atoms with Crippen molar-refractivity contribution in [1.82, 2.24) is 19.6 Å². The van der Waals surface area contributed by atoms with Gasteiger partial charge in [0.25, 0.3) is 5.91 Å². The van der Waals surface area contributed by atoms with Crippen molar-refractivity contribution in [3.05, 3.63) is 101 Å². The SMILES string of the molecule is CO[NH2+]c1cc(SNC(=O)c2ccc(N3CCC(CN4CCCCC4c4ccc(Cl)cc4)CC3)cc2Oc2cnc3[nH]ccc3c2)ccc1NC1CCSCC1. The number of thioether (sulfide) groups is 1. The maximum absolute atomic E-state index is 13.9. The van der Waals surface area contributed by atoms with Gasteiger partial charge in [-0.05, 0) is 129 Å². The zero-order valence-electron chi connectivity index (χ0n) is 31.8. The van der Waals surface area contributed by atoms with Crippen LogP contribution in [0.5, 0.6) is 11.5 Å². The number of aromatic amines is 1. The van der Waals surface area contributed by atoms with E-state index in [1.165, 1.54) is 48.3 Å². The number of hydrogen-bond acceptors (Lipinski definition) is 9. The number of piperidine rings is 2. The van der Waals surface area contributed by atoms with E-state index in [-0.39, 0.29) is 5.91 Å². The molecule has 10 nitrogen and oxygen atoms in total. The number of fused-ring (bicyclic) bond motifs is 1. The number of halogens is 1. The van der Waals surface area contributed by atoms with Crippen LogP contribution in [0.25, 0.3) is 11.0 Å². The van der Waals surface area contributed by atoms with Gasteiger partial charge >= 0.3 is 0 Å². The molecular formula is C43H51ClN7O3S2+. The number of ether oxygens (including phenoxy) is 1. The average molecular weight is 814 g/mol. The molecule has 294 valence electrons. The number of quaternary nitrogens is 1. The fraction of sp³-hybridized carbons (Fsp3) is 0.395. The van der Waals surface area contributed by atoms with Gasteiger partial charge in [-0.3, -0.25) is 14.4 Å². The summed E-state index contributed by atoms with van der Waals surface area (Å²) in [7, 11) is 1.66. The first-order chi connectivity index (χ1) is 27.5. The largest absolute Gasteiger partial charge is 0.455 e. The minimum atomic E-state index is -0.234. The van der Waals surface area contributed by atoms with Gasteiger partial charge in [0.2, 0.25) is 0 Å². The highest BCUT2D eigenvalue weighted by Gasteiger charge is 2.29. The van der Waals surface area contributed by atoms with Crippen LogP contribution in [0.2, 0.25) is 5.02 Å². The van der Waals surface area contributed by atoms with Crippen molar-refractivity contribution >= 4 is 69.3 Å². The number of carbonyl (C=O) groups excluding carboxylic acids is 1. The fourth-order valence-corrected chi connectivity index (χ4v) is 10.1. The van der Waals surface area contributed by atoms with Gasteiger partial charge in [0.1, 0.15) is 17.1 Å². The summed E-state index contributed by atoms with van der Waals surface area (Å²) in [6.45, 7) is 4.17. The van der Waals surface area contributed by atoms with Crippen LogP contribution in [0.3, 0.4) is 0 Å². The smallest absolute Gasteiger partial charge is 0.265 e. The molecule has 0 saturated carbocycles. The zero-order valence-corrected chi connectivity index (χ0v) is 34.2. The molecule has 3 aliphatic heterocycles. The molecule has 2 aromatic heterocycles. The topological polar surface area (TPSA) is 111 Å². The lowest BCUT2D eigenvalue weighted by molar-refractivity contribution is -0.829. The predicted octanol–water partition coefficient (Wildman–Crippen LogP) is 8.95. The molecule has 8 rings (SSSR count). The molecule has 3 aliphatic rings. The number of aromatic nitrogens is 2. The number of nitrogens with zero attached hydrogens (tertiary/aromatic N) is 3. The number of rotatable bonds is 13. The number of anilines is 2. The Kier molecular flexibility index (Phi) is 12.9. The fourth-order valence-electron chi connectivity index (χ4n) is 8.24. The van der Waals surface area contributed by atoms with Crippen LogP contribution in [0.15, 0.2) is 90.1 Å². The molecule has 1 unspecified atom stereocenters. The highest BCUT2D eigenvalue weighted by Crippen LogP contribution is 2.36. The quantitative estimate of drug-likeness (QED) is 0.0526. The summed E-state index contributed by atoms with van der Waals surface area (Å²) in [4.78, 5) is 33.0. The summed E-state index contributed by atoms with van der Waals surface area (Å²) in [5.74, 6) is 3.82. The molecule has 0 radical (unpaired) electrons. The van der Waals surface area contributed by atoms with E-state index in [1.54, 1.807) is 18.8 Å². The van der Waals surface area contributed by atoms with Gasteiger partial charge in [0.15, 0.2) is 5.69 Å². The van der Waals surface area contributed by atoms with Crippen molar-refractivity contribution in [1.29, 1.82) is 0 Å². The molecule has 3 aromatic carbocycles. The highest BCUT2D eigenvalue weighted by molar-refractivity contribution is 7.99. The van der Waals surface area contributed by atoms with E-state index in [2.05, 4.69) is 54.1 Å². The molecule has 5 heterocycles. The summed E-state index contributed by atoms with van der Waals surface area (Å²) in [5.41, 5.74) is 7.41. The second kappa shape index (κ2) is 18.6. The minimum absolute atomic E-state index is 0.234. The molecule has 0 aliphatic carbocycles. The number of likely N-dealkylation sites (tertiary alicyclic amines) is 1. The molecule has 13 heteroatoms. The first kappa shape index (κ1) is 38.9. The van der Waals surface area contributed by atoms with Gasteiger partial charge in [-0.2, -0.15) is 17.2 Å². The molecule has 3 saturated heterocycles. The molecule has 0 bridgehead atoms. The van der Waals surface area contributed by atoms with Gasteiger partial charge < -0.3 is 19.9 Å².